The van der Waals surface area contributed by atoms with E-state index < -0.39 is 11.9 Å². The van der Waals surface area contributed by atoms with Crippen LogP contribution in [0.15, 0.2) is 22.8 Å². The van der Waals surface area contributed by atoms with Gasteiger partial charge in [0.15, 0.2) is 23.1 Å². The zero-order chi connectivity index (χ0) is 15.6. The van der Waals surface area contributed by atoms with Crippen molar-refractivity contribution in [1.29, 1.82) is 0 Å². The van der Waals surface area contributed by atoms with E-state index in [2.05, 4.69) is 4.99 Å². The van der Waals surface area contributed by atoms with Crippen molar-refractivity contribution in [3.05, 3.63) is 28.4 Å². The van der Waals surface area contributed by atoms with Gasteiger partial charge in [-0.05, 0) is 23.8 Å². The monoisotopic (exact) mass is 309 g/mol. The van der Waals surface area contributed by atoms with E-state index >= 15 is 0 Å². The lowest BCUT2D eigenvalue weighted by molar-refractivity contribution is -0.132. The second-order valence-corrected chi connectivity index (χ2v) is 4.58. The molecule has 110 valence electrons. The summed E-state index contributed by atoms with van der Waals surface area (Å²) in [4.78, 5) is 26.5. The van der Waals surface area contributed by atoms with Gasteiger partial charge in [0, 0.05) is 13.8 Å². The number of rotatable bonds is 3. The second-order valence-electron chi connectivity index (χ2n) is 4.18. The Kier molecular flexibility index (Phi) is 4.28. The largest absolute Gasteiger partial charge is 0.493 e. The van der Waals surface area contributed by atoms with Crippen molar-refractivity contribution in [3.63, 3.8) is 0 Å². The number of nitrogens with zero attached hydrogens (tertiary/aromatic N) is 1. The van der Waals surface area contributed by atoms with E-state index in [0.717, 1.165) is 0 Å². The third-order valence-corrected chi connectivity index (χ3v) is 2.81. The summed E-state index contributed by atoms with van der Waals surface area (Å²) in [5.41, 5.74) is 0.726. The van der Waals surface area contributed by atoms with Gasteiger partial charge in [-0.2, -0.15) is 0 Å². The van der Waals surface area contributed by atoms with Crippen LogP contribution in [-0.2, 0) is 14.3 Å². The van der Waals surface area contributed by atoms with Crippen molar-refractivity contribution in [2.45, 2.75) is 13.8 Å². The molecule has 1 aliphatic rings. The molecule has 0 saturated carbocycles. The van der Waals surface area contributed by atoms with Gasteiger partial charge in [-0.25, -0.2) is 9.79 Å². The first-order valence-corrected chi connectivity index (χ1v) is 6.33. The highest BCUT2D eigenvalue weighted by Gasteiger charge is 2.20. The molecule has 6 nitrogen and oxygen atoms in total. The first-order chi connectivity index (χ1) is 9.90. The van der Waals surface area contributed by atoms with E-state index in [-0.39, 0.29) is 28.1 Å². The predicted octanol–water partition coefficient (Wildman–Crippen LogP) is 2.59. The van der Waals surface area contributed by atoms with Crippen molar-refractivity contribution in [2.75, 3.05) is 7.11 Å². The summed E-state index contributed by atoms with van der Waals surface area (Å²) in [6, 6.07) is 3.11. The van der Waals surface area contributed by atoms with Crippen molar-refractivity contribution >= 4 is 35.5 Å². The topological polar surface area (TPSA) is 74.2 Å². The lowest BCUT2D eigenvalue weighted by atomic mass is 10.1. The Morgan fingerprint density at radius 3 is 2.67 bits per heavy atom. The van der Waals surface area contributed by atoms with Gasteiger partial charge in [0.1, 0.15) is 0 Å². The smallest absolute Gasteiger partial charge is 0.363 e. The highest BCUT2D eigenvalue weighted by atomic mass is 35.5. The molecule has 1 aromatic carbocycles. The maximum absolute atomic E-state index is 11.5. The molecule has 0 unspecified atom stereocenters. The molecule has 1 heterocycles. The van der Waals surface area contributed by atoms with Gasteiger partial charge in [-0.3, -0.25) is 4.79 Å². The lowest BCUT2D eigenvalue weighted by Crippen LogP contribution is -2.04. The van der Waals surface area contributed by atoms with Crippen molar-refractivity contribution in [1.82, 2.24) is 0 Å². The van der Waals surface area contributed by atoms with Gasteiger partial charge >= 0.3 is 11.9 Å². The molecule has 21 heavy (non-hydrogen) atoms. The van der Waals surface area contributed by atoms with E-state index in [9.17, 15) is 9.59 Å². The number of hydrogen-bond donors (Lipinski definition) is 0. The molecule has 0 aromatic heterocycles. The Hall–Kier alpha value is -2.34. The van der Waals surface area contributed by atoms with Gasteiger partial charge in [-0.15, -0.1) is 0 Å². The normalized spacial score (nSPS) is 15.7. The van der Waals surface area contributed by atoms with Gasteiger partial charge in [0.2, 0.25) is 0 Å². The molecule has 7 heteroatoms. The van der Waals surface area contributed by atoms with Gasteiger partial charge in [-0.1, -0.05) is 11.6 Å². The Balaban J connectivity index is 2.43. The van der Waals surface area contributed by atoms with E-state index in [1.807, 2.05) is 0 Å². The molecule has 0 amide bonds. The third kappa shape index (κ3) is 3.41. The summed E-state index contributed by atoms with van der Waals surface area (Å²) in [6.45, 7) is 2.84. The highest BCUT2D eigenvalue weighted by molar-refractivity contribution is 6.32. The van der Waals surface area contributed by atoms with E-state index in [1.54, 1.807) is 13.0 Å². The van der Waals surface area contributed by atoms with E-state index in [0.29, 0.717) is 5.56 Å². The molecule has 0 spiro atoms. The molecular weight excluding hydrogens is 298 g/mol. The second kappa shape index (κ2) is 5.97. The molecular formula is C14H12ClNO5. The molecule has 0 radical (unpaired) electrons. The summed E-state index contributed by atoms with van der Waals surface area (Å²) in [5, 5.41) is 0.184. The lowest BCUT2D eigenvalue weighted by Gasteiger charge is -2.10. The minimum absolute atomic E-state index is 0.127. The van der Waals surface area contributed by atoms with Crippen LogP contribution in [0.5, 0.6) is 11.5 Å². The fourth-order valence-corrected chi connectivity index (χ4v) is 2.00. The molecule has 0 saturated heterocycles. The molecule has 1 aliphatic heterocycles. The molecule has 0 atom stereocenters. The molecule has 0 aliphatic carbocycles. The summed E-state index contributed by atoms with van der Waals surface area (Å²) in [7, 11) is 1.42. The van der Waals surface area contributed by atoms with Crippen molar-refractivity contribution in [2.24, 2.45) is 4.99 Å². The quantitative estimate of drug-likeness (QED) is 0.487. The number of carbonyl (C=O) groups is 2. The number of aliphatic imine (C=N–C) groups is 1. The zero-order valence-electron chi connectivity index (χ0n) is 11.6. The zero-order valence-corrected chi connectivity index (χ0v) is 12.4. The number of cyclic esters (lactones) is 1. The molecule has 2 rings (SSSR count). The minimum Gasteiger partial charge on any atom is -0.493 e. The summed E-state index contributed by atoms with van der Waals surface area (Å²) in [5.74, 6) is -0.368. The molecule has 0 bridgehead atoms. The van der Waals surface area contributed by atoms with Gasteiger partial charge in [0.25, 0.3) is 0 Å². The van der Waals surface area contributed by atoms with Gasteiger partial charge in [0.05, 0.1) is 12.1 Å². The molecule has 0 N–H and O–H groups in total. The maximum atomic E-state index is 11.5. The van der Waals surface area contributed by atoms with Gasteiger partial charge < -0.3 is 14.2 Å². The summed E-state index contributed by atoms with van der Waals surface area (Å²) in [6.07, 6.45) is 1.50. The number of halogens is 1. The van der Waals surface area contributed by atoms with Crippen LogP contribution in [0.4, 0.5) is 0 Å². The first-order valence-electron chi connectivity index (χ1n) is 5.96. The average Bonchev–Trinajstić information content (AvgIpc) is 2.70. The Morgan fingerprint density at radius 1 is 1.43 bits per heavy atom. The highest BCUT2D eigenvalue weighted by Crippen LogP contribution is 2.37. The van der Waals surface area contributed by atoms with Crippen LogP contribution in [-0.4, -0.2) is 24.9 Å². The standard InChI is InChI=1S/C14H12ClNO5/c1-7-16-11(14(18)20-7)5-9-4-10(15)13(21-8(2)17)12(6-9)19-3/h4-6H,1-3H3. The predicted molar refractivity (Wildman–Crippen MR) is 76.5 cm³/mol. The number of ether oxygens (including phenoxy) is 3. The number of benzene rings is 1. The Labute approximate surface area is 126 Å². The van der Waals surface area contributed by atoms with Crippen molar-refractivity contribution < 1.29 is 23.8 Å². The molecule has 0 fully saturated rings. The van der Waals surface area contributed by atoms with E-state index in [1.165, 1.54) is 26.2 Å². The van der Waals surface area contributed by atoms with Crippen LogP contribution in [0.1, 0.15) is 19.4 Å². The molecule has 1 aromatic rings. The summed E-state index contributed by atoms with van der Waals surface area (Å²) >= 11 is 6.07. The fraction of sp³-hybridized carbons (Fsp3) is 0.214. The average molecular weight is 310 g/mol. The third-order valence-electron chi connectivity index (χ3n) is 2.53. The van der Waals surface area contributed by atoms with Crippen LogP contribution in [0, 0.1) is 0 Å². The Bertz CT molecular complexity index is 678. The Morgan fingerprint density at radius 2 is 2.14 bits per heavy atom. The minimum atomic E-state index is -0.536. The number of esters is 2. The van der Waals surface area contributed by atoms with Crippen LogP contribution >= 0.6 is 11.6 Å². The number of hydrogen-bond acceptors (Lipinski definition) is 6. The van der Waals surface area contributed by atoms with Crippen LogP contribution in [0.25, 0.3) is 6.08 Å². The van der Waals surface area contributed by atoms with Crippen LogP contribution in [0.2, 0.25) is 5.02 Å². The SMILES string of the molecule is COc1cc(C=C2N=C(C)OC2=O)cc(Cl)c1OC(C)=O. The first kappa shape index (κ1) is 15.1. The van der Waals surface area contributed by atoms with Crippen molar-refractivity contribution in [3.8, 4) is 11.5 Å². The summed E-state index contributed by atoms with van der Waals surface area (Å²) < 4.78 is 15.0. The van der Waals surface area contributed by atoms with Crippen LogP contribution < -0.4 is 9.47 Å². The van der Waals surface area contributed by atoms with Crippen LogP contribution in [0.3, 0.4) is 0 Å². The van der Waals surface area contributed by atoms with E-state index in [4.69, 9.17) is 25.8 Å². The fourth-order valence-electron chi connectivity index (χ4n) is 1.74. The number of carbonyl (C=O) groups excluding carboxylic acids is 2. The number of methoxy groups -OCH3 is 1. The maximum Gasteiger partial charge on any atom is 0.363 e.